The number of hydrogen-bond donors (Lipinski definition) is 1. The van der Waals surface area contributed by atoms with Crippen LogP contribution in [0.2, 0.25) is 10.0 Å². The summed E-state index contributed by atoms with van der Waals surface area (Å²) in [7, 11) is 1.57. The van der Waals surface area contributed by atoms with E-state index in [-0.39, 0.29) is 0 Å². The molecule has 5 heteroatoms. The van der Waals surface area contributed by atoms with Crippen molar-refractivity contribution in [1.29, 1.82) is 0 Å². The van der Waals surface area contributed by atoms with Crippen LogP contribution in [0, 0.1) is 0 Å². The SMILES string of the molecule is COc1cc(Cl)cc(CN)c1OCc1cccc(Cl)c1. The molecule has 0 unspecified atom stereocenters. The van der Waals surface area contributed by atoms with Crippen LogP contribution in [-0.4, -0.2) is 7.11 Å². The van der Waals surface area contributed by atoms with Crippen LogP contribution < -0.4 is 15.2 Å². The van der Waals surface area contributed by atoms with Gasteiger partial charge in [0, 0.05) is 28.2 Å². The van der Waals surface area contributed by atoms with Gasteiger partial charge in [-0.3, -0.25) is 0 Å². The number of hydrogen-bond acceptors (Lipinski definition) is 3. The lowest BCUT2D eigenvalue weighted by atomic mass is 10.2. The molecule has 0 aromatic heterocycles. The third-order valence-electron chi connectivity index (χ3n) is 2.81. The molecule has 0 radical (unpaired) electrons. The molecule has 2 rings (SSSR count). The Hall–Kier alpha value is -1.42. The Bertz CT molecular complexity index is 577. The molecule has 2 N–H and O–H groups in total. The monoisotopic (exact) mass is 311 g/mol. The molecule has 0 spiro atoms. The molecule has 2 aromatic carbocycles. The molecule has 0 fully saturated rings. The molecule has 0 heterocycles. The maximum Gasteiger partial charge on any atom is 0.166 e. The van der Waals surface area contributed by atoms with Gasteiger partial charge >= 0.3 is 0 Å². The van der Waals surface area contributed by atoms with Crippen LogP contribution in [0.25, 0.3) is 0 Å². The highest BCUT2D eigenvalue weighted by molar-refractivity contribution is 6.31. The van der Waals surface area contributed by atoms with Gasteiger partial charge in [-0.15, -0.1) is 0 Å². The van der Waals surface area contributed by atoms with Gasteiger partial charge in [0.05, 0.1) is 7.11 Å². The van der Waals surface area contributed by atoms with E-state index in [4.69, 9.17) is 38.4 Å². The van der Waals surface area contributed by atoms with Crippen LogP contribution >= 0.6 is 23.2 Å². The van der Waals surface area contributed by atoms with Crippen LogP contribution in [0.15, 0.2) is 36.4 Å². The van der Waals surface area contributed by atoms with E-state index in [2.05, 4.69) is 0 Å². The molecule has 2 aromatic rings. The Labute approximate surface area is 128 Å². The van der Waals surface area contributed by atoms with E-state index in [0.717, 1.165) is 11.1 Å². The molecule has 106 valence electrons. The predicted molar refractivity (Wildman–Crippen MR) is 81.7 cm³/mol. The number of benzene rings is 2. The van der Waals surface area contributed by atoms with Gasteiger partial charge in [0.25, 0.3) is 0 Å². The minimum Gasteiger partial charge on any atom is -0.493 e. The first-order chi connectivity index (χ1) is 9.63. The molecule has 0 aliphatic heterocycles. The van der Waals surface area contributed by atoms with Crippen LogP contribution in [0.3, 0.4) is 0 Å². The zero-order chi connectivity index (χ0) is 14.5. The average molecular weight is 312 g/mol. The minimum atomic E-state index is 0.321. The van der Waals surface area contributed by atoms with Crippen molar-refractivity contribution in [1.82, 2.24) is 0 Å². The van der Waals surface area contributed by atoms with Crippen molar-refractivity contribution >= 4 is 23.2 Å². The molecule has 0 bridgehead atoms. The Balaban J connectivity index is 2.24. The summed E-state index contributed by atoms with van der Waals surface area (Å²) < 4.78 is 11.1. The van der Waals surface area contributed by atoms with Gasteiger partial charge in [-0.25, -0.2) is 0 Å². The standard InChI is InChI=1S/C15H15Cl2NO2/c1-19-14-7-13(17)6-11(8-18)15(14)20-9-10-3-2-4-12(16)5-10/h2-7H,8-9,18H2,1H3. The summed E-state index contributed by atoms with van der Waals surface area (Å²) in [5.74, 6) is 1.18. The molecular formula is C15H15Cl2NO2. The van der Waals surface area contributed by atoms with Crippen molar-refractivity contribution in [2.45, 2.75) is 13.2 Å². The lowest BCUT2D eigenvalue weighted by Crippen LogP contribution is -2.04. The van der Waals surface area contributed by atoms with Gasteiger partial charge in [0.2, 0.25) is 0 Å². The molecule has 0 aliphatic rings. The molecule has 3 nitrogen and oxygen atoms in total. The highest BCUT2D eigenvalue weighted by atomic mass is 35.5. The summed E-state index contributed by atoms with van der Waals surface area (Å²) in [5, 5.41) is 1.24. The molecule has 0 aliphatic carbocycles. The second-order valence-corrected chi connectivity index (χ2v) is 5.09. The number of halogens is 2. The fourth-order valence-electron chi connectivity index (χ4n) is 1.87. The lowest BCUT2D eigenvalue weighted by molar-refractivity contribution is 0.281. The van der Waals surface area contributed by atoms with Crippen LogP contribution in [0.1, 0.15) is 11.1 Å². The van der Waals surface area contributed by atoms with Crippen molar-refractivity contribution in [3.63, 3.8) is 0 Å². The summed E-state index contributed by atoms with van der Waals surface area (Å²) >= 11 is 12.0. The van der Waals surface area contributed by atoms with E-state index < -0.39 is 0 Å². The topological polar surface area (TPSA) is 44.5 Å². The maximum atomic E-state index is 6.01. The second kappa shape index (κ2) is 6.84. The number of rotatable bonds is 5. The second-order valence-electron chi connectivity index (χ2n) is 4.22. The fourth-order valence-corrected chi connectivity index (χ4v) is 2.32. The van der Waals surface area contributed by atoms with E-state index in [1.165, 1.54) is 0 Å². The molecular weight excluding hydrogens is 297 g/mol. The molecule has 0 amide bonds. The first kappa shape index (κ1) is 15.0. The third-order valence-corrected chi connectivity index (χ3v) is 3.26. The lowest BCUT2D eigenvalue weighted by Gasteiger charge is -2.15. The normalized spacial score (nSPS) is 10.4. The van der Waals surface area contributed by atoms with Gasteiger partial charge in [0.15, 0.2) is 11.5 Å². The minimum absolute atomic E-state index is 0.321. The highest BCUT2D eigenvalue weighted by Gasteiger charge is 2.12. The van der Waals surface area contributed by atoms with E-state index in [1.54, 1.807) is 19.2 Å². The van der Waals surface area contributed by atoms with Crippen LogP contribution in [0.4, 0.5) is 0 Å². The number of ether oxygens (including phenoxy) is 2. The number of methoxy groups -OCH3 is 1. The van der Waals surface area contributed by atoms with Gasteiger partial charge in [-0.05, 0) is 23.8 Å². The summed E-state index contributed by atoms with van der Waals surface area (Å²) in [5.41, 5.74) is 7.49. The largest absolute Gasteiger partial charge is 0.493 e. The van der Waals surface area contributed by atoms with Crippen molar-refractivity contribution in [2.75, 3.05) is 7.11 Å². The Morgan fingerprint density at radius 1 is 1.10 bits per heavy atom. The van der Waals surface area contributed by atoms with Gasteiger partial charge in [-0.1, -0.05) is 35.3 Å². The summed E-state index contributed by atoms with van der Waals surface area (Å²) in [6.45, 7) is 0.702. The Morgan fingerprint density at radius 3 is 2.55 bits per heavy atom. The van der Waals surface area contributed by atoms with E-state index >= 15 is 0 Å². The van der Waals surface area contributed by atoms with E-state index in [9.17, 15) is 0 Å². The van der Waals surface area contributed by atoms with E-state index in [0.29, 0.717) is 34.7 Å². The molecule has 0 saturated carbocycles. The maximum absolute atomic E-state index is 6.01. The van der Waals surface area contributed by atoms with Gasteiger partial charge < -0.3 is 15.2 Å². The zero-order valence-electron chi connectivity index (χ0n) is 11.0. The first-order valence-electron chi connectivity index (χ1n) is 6.07. The Morgan fingerprint density at radius 2 is 1.90 bits per heavy atom. The highest BCUT2D eigenvalue weighted by Crippen LogP contribution is 2.35. The third kappa shape index (κ3) is 3.57. The Kier molecular flexibility index (Phi) is 5.12. The van der Waals surface area contributed by atoms with Crippen molar-refractivity contribution < 1.29 is 9.47 Å². The van der Waals surface area contributed by atoms with Crippen LogP contribution in [-0.2, 0) is 13.2 Å². The first-order valence-corrected chi connectivity index (χ1v) is 6.83. The number of nitrogens with two attached hydrogens (primary N) is 1. The van der Waals surface area contributed by atoms with Crippen molar-refractivity contribution in [3.8, 4) is 11.5 Å². The smallest absolute Gasteiger partial charge is 0.166 e. The summed E-state index contributed by atoms with van der Waals surface area (Å²) in [6, 6.07) is 11.0. The van der Waals surface area contributed by atoms with Crippen molar-refractivity contribution in [3.05, 3.63) is 57.6 Å². The van der Waals surface area contributed by atoms with Gasteiger partial charge in [0.1, 0.15) is 6.61 Å². The van der Waals surface area contributed by atoms with Crippen LogP contribution in [0.5, 0.6) is 11.5 Å². The average Bonchev–Trinajstić information content (AvgIpc) is 2.45. The summed E-state index contributed by atoms with van der Waals surface area (Å²) in [4.78, 5) is 0. The predicted octanol–water partition coefficient (Wildman–Crippen LogP) is 4.04. The van der Waals surface area contributed by atoms with Gasteiger partial charge in [-0.2, -0.15) is 0 Å². The van der Waals surface area contributed by atoms with Crippen molar-refractivity contribution in [2.24, 2.45) is 5.73 Å². The quantitative estimate of drug-likeness (QED) is 0.906. The van der Waals surface area contributed by atoms with E-state index in [1.807, 2.05) is 24.3 Å². The molecule has 0 atom stereocenters. The molecule has 20 heavy (non-hydrogen) atoms. The fraction of sp³-hybridized carbons (Fsp3) is 0.200. The zero-order valence-corrected chi connectivity index (χ0v) is 12.5. The summed E-state index contributed by atoms with van der Waals surface area (Å²) in [6.07, 6.45) is 0. The molecule has 0 saturated heterocycles.